The number of aryl methyl sites for hydroxylation is 1. The first-order valence-corrected chi connectivity index (χ1v) is 8.49. The summed E-state index contributed by atoms with van der Waals surface area (Å²) in [6, 6.07) is 0. The van der Waals surface area contributed by atoms with E-state index in [1.54, 1.807) is 0 Å². The van der Waals surface area contributed by atoms with Gasteiger partial charge in [0.1, 0.15) is 0 Å². The summed E-state index contributed by atoms with van der Waals surface area (Å²) in [5.74, 6) is 1.42. The second-order valence-electron chi connectivity index (χ2n) is 5.56. The number of halogens is 1. The highest BCUT2D eigenvalue weighted by molar-refractivity contribution is 9.10. The number of nitrogens with zero attached hydrogens (tertiary/aromatic N) is 2. The van der Waals surface area contributed by atoms with Crippen LogP contribution in [0.5, 0.6) is 0 Å². The van der Waals surface area contributed by atoms with E-state index >= 15 is 0 Å². The van der Waals surface area contributed by atoms with Crippen LogP contribution in [0, 0.1) is 5.92 Å². The molecule has 0 saturated heterocycles. The molecule has 1 heterocycles. The Morgan fingerprint density at radius 3 is 2.89 bits per heavy atom. The molecule has 3 nitrogen and oxygen atoms in total. The van der Waals surface area contributed by atoms with Gasteiger partial charge in [-0.25, -0.2) is 0 Å². The van der Waals surface area contributed by atoms with Crippen LogP contribution in [0.2, 0.25) is 0 Å². The Morgan fingerprint density at radius 2 is 2.16 bits per heavy atom. The van der Waals surface area contributed by atoms with Gasteiger partial charge in [-0.3, -0.25) is 4.68 Å². The van der Waals surface area contributed by atoms with Crippen LogP contribution in [0.4, 0.5) is 0 Å². The number of aromatic nitrogens is 2. The second kappa shape index (κ2) is 7.44. The third-order valence-corrected chi connectivity index (χ3v) is 4.80. The van der Waals surface area contributed by atoms with Crippen LogP contribution in [0.15, 0.2) is 10.7 Å². The average molecular weight is 328 g/mol. The summed E-state index contributed by atoms with van der Waals surface area (Å²) in [5.41, 5.74) is 1.43. The van der Waals surface area contributed by atoms with E-state index in [1.165, 1.54) is 35.8 Å². The first kappa shape index (κ1) is 15.0. The summed E-state index contributed by atoms with van der Waals surface area (Å²) < 4.78 is 3.42. The van der Waals surface area contributed by atoms with Gasteiger partial charge in [0.2, 0.25) is 0 Å². The summed E-state index contributed by atoms with van der Waals surface area (Å²) in [6.45, 7) is 7.65. The molecule has 1 fully saturated rings. The van der Waals surface area contributed by atoms with E-state index in [0.717, 1.165) is 32.0 Å². The fourth-order valence-corrected chi connectivity index (χ4v) is 3.86. The van der Waals surface area contributed by atoms with Gasteiger partial charge < -0.3 is 5.32 Å². The highest BCUT2D eigenvalue weighted by Gasteiger charge is 2.30. The molecule has 0 bridgehead atoms. The first-order valence-electron chi connectivity index (χ1n) is 7.69. The molecule has 2 unspecified atom stereocenters. The van der Waals surface area contributed by atoms with Crippen molar-refractivity contribution < 1.29 is 0 Å². The Labute approximate surface area is 125 Å². The Balaban J connectivity index is 2.18. The second-order valence-corrected chi connectivity index (χ2v) is 6.41. The van der Waals surface area contributed by atoms with Crippen LogP contribution in [0.1, 0.15) is 57.6 Å². The largest absolute Gasteiger partial charge is 0.317 e. The maximum absolute atomic E-state index is 4.54. The minimum atomic E-state index is 0.663. The SMILES string of the molecule is CCCn1ncc(Br)c1C1CCCCC1CNCC. The van der Waals surface area contributed by atoms with Crippen LogP contribution >= 0.6 is 15.9 Å². The molecular weight excluding hydrogens is 302 g/mol. The maximum atomic E-state index is 4.54. The fraction of sp³-hybridized carbons (Fsp3) is 0.800. The number of rotatable bonds is 6. The molecule has 0 amide bonds. The minimum absolute atomic E-state index is 0.663. The number of nitrogens with one attached hydrogen (secondary N) is 1. The molecule has 2 rings (SSSR count). The molecule has 108 valence electrons. The zero-order chi connectivity index (χ0) is 13.7. The van der Waals surface area contributed by atoms with Gasteiger partial charge in [0, 0.05) is 12.5 Å². The van der Waals surface area contributed by atoms with Crippen molar-refractivity contribution in [1.82, 2.24) is 15.1 Å². The normalized spacial score (nSPS) is 23.7. The molecule has 1 saturated carbocycles. The quantitative estimate of drug-likeness (QED) is 0.857. The van der Waals surface area contributed by atoms with Crippen LogP contribution in [-0.4, -0.2) is 22.9 Å². The predicted molar refractivity (Wildman–Crippen MR) is 83.5 cm³/mol. The van der Waals surface area contributed by atoms with E-state index in [1.807, 2.05) is 6.20 Å². The fourth-order valence-electron chi connectivity index (χ4n) is 3.27. The van der Waals surface area contributed by atoms with Gasteiger partial charge in [0.05, 0.1) is 16.4 Å². The molecule has 1 aromatic rings. The van der Waals surface area contributed by atoms with Crippen LogP contribution in [0.3, 0.4) is 0 Å². The summed E-state index contributed by atoms with van der Waals surface area (Å²) in [5, 5.41) is 8.08. The molecule has 1 aliphatic carbocycles. The van der Waals surface area contributed by atoms with Gasteiger partial charge in [0.25, 0.3) is 0 Å². The molecule has 0 aliphatic heterocycles. The lowest BCUT2D eigenvalue weighted by molar-refractivity contribution is 0.283. The van der Waals surface area contributed by atoms with E-state index in [-0.39, 0.29) is 0 Å². The molecule has 0 radical (unpaired) electrons. The van der Waals surface area contributed by atoms with Gasteiger partial charge in [0.15, 0.2) is 0 Å². The van der Waals surface area contributed by atoms with Crippen molar-refractivity contribution in [2.24, 2.45) is 5.92 Å². The third kappa shape index (κ3) is 3.60. The molecule has 4 heteroatoms. The van der Waals surface area contributed by atoms with Gasteiger partial charge in [-0.05, 0) is 54.2 Å². The van der Waals surface area contributed by atoms with Crippen LogP contribution in [-0.2, 0) is 6.54 Å². The van der Waals surface area contributed by atoms with Crippen molar-refractivity contribution in [3.63, 3.8) is 0 Å². The van der Waals surface area contributed by atoms with Crippen molar-refractivity contribution in [2.75, 3.05) is 13.1 Å². The Hall–Kier alpha value is -0.350. The van der Waals surface area contributed by atoms with Crippen molar-refractivity contribution in [1.29, 1.82) is 0 Å². The zero-order valence-electron chi connectivity index (χ0n) is 12.2. The maximum Gasteiger partial charge on any atom is 0.0635 e. The highest BCUT2D eigenvalue weighted by atomic mass is 79.9. The zero-order valence-corrected chi connectivity index (χ0v) is 13.7. The molecule has 1 N–H and O–H groups in total. The van der Waals surface area contributed by atoms with E-state index in [0.29, 0.717) is 5.92 Å². The average Bonchev–Trinajstić information content (AvgIpc) is 2.78. The molecule has 0 spiro atoms. The lowest BCUT2D eigenvalue weighted by atomic mass is 9.77. The van der Waals surface area contributed by atoms with Crippen molar-refractivity contribution >= 4 is 15.9 Å². The van der Waals surface area contributed by atoms with E-state index in [9.17, 15) is 0 Å². The molecular formula is C15H26BrN3. The molecule has 1 aromatic heterocycles. The lowest BCUT2D eigenvalue weighted by Gasteiger charge is -2.32. The number of hydrogen-bond donors (Lipinski definition) is 1. The van der Waals surface area contributed by atoms with Gasteiger partial charge in [-0.2, -0.15) is 5.10 Å². The van der Waals surface area contributed by atoms with Crippen molar-refractivity contribution in [3.8, 4) is 0 Å². The topological polar surface area (TPSA) is 29.9 Å². The predicted octanol–water partition coefficient (Wildman–Crippen LogP) is 3.94. The number of hydrogen-bond acceptors (Lipinski definition) is 2. The standard InChI is InChI=1S/C15H26BrN3/c1-3-9-19-15(14(16)11-18-19)13-8-6-5-7-12(13)10-17-4-2/h11-13,17H,3-10H2,1-2H3. The van der Waals surface area contributed by atoms with Gasteiger partial charge in [-0.1, -0.05) is 26.7 Å². The summed E-state index contributed by atoms with van der Waals surface area (Å²) >= 11 is 3.71. The molecule has 0 aromatic carbocycles. The van der Waals surface area contributed by atoms with Gasteiger partial charge >= 0.3 is 0 Å². The summed E-state index contributed by atoms with van der Waals surface area (Å²) in [4.78, 5) is 0. The minimum Gasteiger partial charge on any atom is -0.317 e. The van der Waals surface area contributed by atoms with Crippen LogP contribution < -0.4 is 5.32 Å². The lowest BCUT2D eigenvalue weighted by Crippen LogP contribution is -2.30. The summed E-state index contributed by atoms with van der Waals surface area (Å²) in [7, 11) is 0. The van der Waals surface area contributed by atoms with E-state index < -0.39 is 0 Å². The Morgan fingerprint density at radius 1 is 1.37 bits per heavy atom. The molecule has 2 atom stereocenters. The van der Waals surface area contributed by atoms with E-state index in [4.69, 9.17) is 0 Å². The monoisotopic (exact) mass is 327 g/mol. The van der Waals surface area contributed by atoms with Crippen LogP contribution in [0.25, 0.3) is 0 Å². The first-order chi connectivity index (χ1) is 9.27. The molecule has 19 heavy (non-hydrogen) atoms. The molecule has 1 aliphatic rings. The van der Waals surface area contributed by atoms with Gasteiger partial charge in [-0.15, -0.1) is 0 Å². The van der Waals surface area contributed by atoms with Crippen molar-refractivity contribution in [2.45, 2.75) is 58.4 Å². The third-order valence-electron chi connectivity index (χ3n) is 4.19. The summed E-state index contributed by atoms with van der Waals surface area (Å²) in [6.07, 6.45) is 8.52. The highest BCUT2D eigenvalue weighted by Crippen LogP contribution is 2.40. The van der Waals surface area contributed by atoms with Crippen molar-refractivity contribution in [3.05, 3.63) is 16.4 Å². The smallest absolute Gasteiger partial charge is 0.0635 e. The Bertz CT molecular complexity index is 389. The van der Waals surface area contributed by atoms with E-state index in [2.05, 4.69) is 44.9 Å². The Kier molecular flexibility index (Phi) is 5.89.